The Bertz CT molecular complexity index is 632. The highest BCUT2D eigenvalue weighted by molar-refractivity contribution is 7.38. The molecule has 3 heterocycles. The standard InChI is InChI=1S/C12H13N3O2.2H3O3P/c16-9-7-8(13-1-2-13)12(17)11(15-5-6-15)10(9)14-3-4-14;2*1-4(2)3/h7H,1-6H2;4H,(H2,1,2,3);1-3H. The topological polar surface area (TPSA) is 161 Å². The summed E-state index contributed by atoms with van der Waals surface area (Å²) in [5.74, 6) is 0.0485. The molecule has 0 atom stereocenters. The van der Waals surface area contributed by atoms with Crippen molar-refractivity contribution in [2.24, 2.45) is 0 Å². The van der Waals surface area contributed by atoms with Crippen molar-refractivity contribution in [1.29, 1.82) is 0 Å². The van der Waals surface area contributed by atoms with E-state index in [2.05, 4.69) is 0 Å². The molecule has 11 nitrogen and oxygen atoms in total. The molecule has 1 aliphatic carbocycles. The highest BCUT2D eigenvalue weighted by Gasteiger charge is 2.43. The molecule has 25 heavy (non-hydrogen) atoms. The van der Waals surface area contributed by atoms with Crippen LogP contribution in [0.2, 0.25) is 0 Å². The molecule has 3 aliphatic heterocycles. The Morgan fingerprint density at radius 2 is 1.20 bits per heavy atom. The van der Waals surface area contributed by atoms with Crippen LogP contribution in [0.1, 0.15) is 0 Å². The van der Waals surface area contributed by atoms with Crippen molar-refractivity contribution >= 4 is 28.4 Å². The maximum absolute atomic E-state index is 12.4. The van der Waals surface area contributed by atoms with E-state index in [1.807, 2.05) is 14.7 Å². The van der Waals surface area contributed by atoms with E-state index in [-0.39, 0.29) is 11.6 Å². The monoisotopic (exact) mass is 395 g/mol. The summed E-state index contributed by atoms with van der Waals surface area (Å²) in [4.78, 5) is 66.5. The van der Waals surface area contributed by atoms with Crippen LogP contribution in [0.5, 0.6) is 0 Å². The zero-order valence-electron chi connectivity index (χ0n) is 13.1. The van der Waals surface area contributed by atoms with Crippen molar-refractivity contribution in [3.63, 3.8) is 0 Å². The SMILES string of the molecule is O=C1C=C(N2CC2)C(=O)C(N2CC2)=C1N1CC1.O=[PH](O)O.OP(O)O. The number of hydrogen-bond donors (Lipinski definition) is 5. The number of ketones is 2. The molecule has 5 N–H and O–H groups in total. The van der Waals surface area contributed by atoms with Gasteiger partial charge in [0.1, 0.15) is 11.4 Å². The van der Waals surface area contributed by atoms with Crippen molar-refractivity contribution in [2.75, 3.05) is 39.3 Å². The lowest BCUT2D eigenvalue weighted by Crippen LogP contribution is -2.29. The zero-order chi connectivity index (χ0) is 18.7. The smallest absolute Gasteiger partial charge is 0.324 e. The molecule has 3 saturated heterocycles. The van der Waals surface area contributed by atoms with E-state index in [1.165, 1.54) is 6.08 Å². The third-order valence-corrected chi connectivity index (χ3v) is 3.49. The molecule has 0 aromatic rings. The first-order valence-corrected chi connectivity index (χ1v) is 9.81. The molecule has 0 amide bonds. The first kappa shape index (κ1) is 20.0. The number of rotatable bonds is 3. The van der Waals surface area contributed by atoms with Gasteiger partial charge in [-0.05, 0) is 0 Å². The Hall–Kier alpha value is -1.32. The Kier molecular flexibility index (Phi) is 6.70. The second kappa shape index (κ2) is 8.37. The van der Waals surface area contributed by atoms with E-state index in [4.69, 9.17) is 29.0 Å². The van der Waals surface area contributed by atoms with Crippen LogP contribution in [0.25, 0.3) is 0 Å². The number of carbonyl (C=O) groups is 2. The van der Waals surface area contributed by atoms with Crippen LogP contribution >= 0.6 is 16.9 Å². The fourth-order valence-corrected chi connectivity index (χ4v) is 2.28. The Labute approximate surface area is 145 Å². The minimum Gasteiger partial charge on any atom is -0.365 e. The van der Waals surface area contributed by atoms with Crippen molar-refractivity contribution < 1.29 is 38.6 Å². The van der Waals surface area contributed by atoms with Gasteiger partial charge < -0.3 is 39.2 Å². The Morgan fingerprint density at radius 1 is 0.840 bits per heavy atom. The minimum absolute atomic E-state index is 0.00546. The summed E-state index contributed by atoms with van der Waals surface area (Å²) in [6.07, 6.45) is 1.52. The van der Waals surface area contributed by atoms with Crippen LogP contribution in [0.3, 0.4) is 0 Å². The quantitative estimate of drug-likeness (QED) is 0.199. The summed E-state index contributed by atoms with van der Waals surface area (Å²) < 4.78 is 8.74. The van der Waals surface area contributed by atoms with E-state index in [0.29, 0.717) is 17.1 Å². The van der Waals surface area contributed by atoms with E-state index < -0.39 is 16.9 Å². The first-order chi connectivity index (χ1) is 11.7. The van der Waals surface area contributed by atoms with Crippen molar-refractivity contribution in [3.05, 3.63) is 23.2 Å². The molecule has 0 bridgehead atoms. The lowest BCUT2D eigenvalue weighted by molar-refractivity contribution is -0.117. The lowest BCUT2D eigenvalue weighted by Gasteiger charge is -2.21. The van der Waals surface area contributed by atoms with Crippen LogP contribution in [0.4, 0.5) is 0 Å². The minimum atomic E-state index is -3.13. The summed E-state index contributed by atoms with van der Waals surface area (Å²) in [6.45, 7) is 5.41. The van der Waals surface area contributed by atoms with Gasteiger partial charge in [-0.25, -0.2) is 0 Å². The molecular formula is C12H19N3O8P2. The fraction of sp³-hybridized carbons (Fsp3) is 0.500. The van der Waals surface area contributed by atoms with Gasteiger partial charge in [0, 0.05) is 45.3 Å². The largest absolute Gasteiger partial charge is 0.365 e. The third kappa shape index (κ3) is 6.16. The van der Waals surface area contributed by atoms with Crippen molar-refractivity contribution in [2.45, 2.75) is 0 Å². The molecular weight excluding hydrogens is 376 g/mol. The van der Waals surface area contributed by atoms with E-state index >= 15 is 0 Å². The van der Waals surface area contributed by atoms with E-state index in [0.717, 1.165) is 39.3 Å². The fourth-order valence-electron chi connectivity index (χ4n) is 2.28. The predicted molar refractivity (Wildman–Crippen MR) is 86.9 cm³/mol. The number of Topliss-reactive ketones (excluding diaryl/α,β-unsaturated/α-hetero) is 1. The van der Waals surface area contributed by atoms with Gasteiger partial charge in [-0.2, -0.15) is 0 Å². The molecule has 4 aliphatic rings. The average molecular weight is 395 g/mol. The summed E-state index contributed by atoms with van der Waals surface area (Å²) >= 11 is 0. The van der Waals surface area contributed by atoms with Gasteiger partial charge in [-0.15, -0.1) is 0 Å². The van der Waals surface area contributed by atoms with Gasteiger partial charge in [0.25, 0.3) is 0 Å². The summed E-state index contributed by atoms with van der Waals surface area (Å²) in [7, 11) is -5.75. The number of hydrogen-bond acceptors (Lipinski definition) is 9. The summed E-state index contributed by atoms with van der Waals surface area (Å²) in [5, 5.41) is 0. The van der Waals surface area contributed by atoms with Gasteiger partial charge in [-0.1, -0.05) is 0 Å². The van der Waals surface area contributed by atoms with Gasteiger partial charge >= 0.3 is 16.9 Å². The van der Waals surface area contributed by atoms with Crippen LogP contribution in [0.15, 0.2) is 23.2 Å². The van der Waals surface area contributed by atoms with Gasteiger partial charge in [0.2, 0.25) is 11.6 Å². The maximum atomic E-state index is 12.4. The average Bonchev–Trinajstić information content (AvgIpc) is 3.36. The zero-order valence-corrected chi connectivity index (χ0v) is 15.0. The molecule has 0 spiro atoms. The first-order valence-electron chi connectivity index (χ1n) is 7.31. The van der Waals surface area contributed by atoms with Gasteiger partial charge in [-0.3, -0.25) is 14.2 Å². The number of carbonyl (C=O) groups excluding carboxylic acids is 2. The lowest BCUT2D eigenvalue weighted by atomic mass is 10.0. The second-order valence-electron chi connectivity index (χ2n) is 5.43. The molecule has 0 aromatic carbocycles. The second-order valence-corrected chi connectivity index (χ2v) is 6.53. The molecule has 3 fully saturated rings. The van der Waals surface area contributed by atoms with E-state index in [9.17, 15) is 9.59 Å². The van der Waals surface area contributed by atoms with Gasteiger partial charge in [0.05, 0.1) is 5.70 Å². The molecule has 4 rings (SSSR count). The van der Waals surface area contributed by atoms with Crippen LogP contribution < -0.4 is 0 Å². The van der Waals surface area contributed by atoms with Crippen molar-refractivity contribution in [1.82, 2.24) is 14.7 Å². The van der Waals surface area contributed by atoms with Crippen LogP contribution in [-0.2, 0) is 14.2 Å². The molecule has 13 heteroatoms. The van der Waals surface area contributed by atoms with Crippen molar-refractivity contribution in [3.8, 4) is 0 Å². The highest BCUT2D eigenvalue weighted by atomic mass is 31.2. The highest BCUT2D eigenvalue weighted by Crippen LogP contribution is 2.33. The number of nitrogens with zero attached hydrogens (tertiary/aromatic N) is 3. The Morgan fingerprint density at radius 3 is 1.56 bits per heavy atom. The maximum Gasteiger partial charge on any atom is 0.324 e. The molecule has 0 aromatic heterocycles. The van der Waals surface area contributed by atoms with Crippen LogP contribution in [0, 0.1) is 0 Å². The van der Waals surface area contributed by atoms with E-state index in [1.54, 1.807) is 0 Å². The molecule has 0 saturated carbocycles. The van der Waals surface area contributed by atoms with Crippen LogP contribution in [-0.4, -0.2) is 90.0 Å². The summed E-state index contributed by atoms with van der Waals surface area (Å²) in [5.41, 5.74) is 1.89. The number of allylic oxidation sites excluding steroid dienone is 1. The summed E-state index contributed by atoms with van der Waals surface area (Å²) in [6, 6.07) is 0. The normalized spacial score (nSPS) is 20.9. The third-order valence-electron chi connectivity index (χ3n) is 3.49. The Balaban J connectivity index is 0.000000241. The molecule has 0 unspecified atom stereocenters. The van der Waals surface area contributed by atoms with Gasteiger partial charge in [0.15, 0.2) is 0 Å². The predicted octanol–water partition coefficient (Wildman–Crippen LogP) is -2.27. The molecule has 140 valence electrons. The molecule has 0 radical (unpaired) electrons.